The predicted molar refractivity (Wildman–Crippen MR) is 95.8 cm³/mol. The third kappa shape index (κ3) is 3.42. The molecule has 4 heterocycles. The zero-order chi connectivity index (χ0) is 16.4. The van der Waals surface area contributed by atoms with Crippen molar-refractivity contribution in [2.75, 3.05) is 26.2 Å². The highest BCUT2D eigenvalue weighted by molar-refractivity contribution is 5.22. The lowest BCUT2D eigenvalue weighted by atomic mass is 9.92. The number of piperidine rings is 1. The van der Waals surface area contributed by atoms with Gasteiger partial charge in [0.25, 0.3) is 0 Å². The summed E-state index contributed by atoms with van der Waals surface area (Å²) in [6.07, 6.45) is 9.45. The number of nitrogens with one attached hydrogen (secondary N) is 1. The number of likely N-dealkylation sites (tertiary alicyclic amines) is 2. The Labute approximate surface area is 144 Å². The zero-order valence-corrected chi connectivity index (χ0v) is 14.7. The molecule has 2 fully saturated rings. The normalized spacial score (nSPS) is 23.1. The molecule has 0 aliphatic carbocycles. The van der Waals surface area contributed by atoms with Crippen molar-refractivity contribution in [2.24, 2.45) is 7.05 Å². The van der Waals surface area contributed by atoms with Gasteiger partial charge in [-0.2, -0.15) is 5.10 Å². The van der Waals surface area contributed by atoms with Crippen molar-refractivity contribution in [3.8, 4) is 0 Å². The van der Waals surface area contributed by atoms with Crippen molar-refractivity contribution in [3.05, 3.63) is 41.5 Å². The first kappa shape index (κ1) is 15.9. The van der Waals surface area contributed by atoms with E-state index in [0.717, 1.165) is 19.6 Å². The number of aromatic nitrogens is 3. The number of hydrogen-bond acceptors (Lipinski definition) is 3. The molecule has 2 aliphatic heterocycles. The maximum atomic E-state index is 4.38. The molecule has 0 radical (unpaired) electrons. The van der Waals surface area contributed by atoms with E-state index in [1.807, 2.05) is 0 Å². The number of hydrogen-bond donors (Lipinski definition) is 1. The van der Waals surface area contributed by atoms with Crippen LogP contribution in [0.25, 0.3) is 0 Å². The second kappa shape index (κ2) is 7.11. The van der Waals surface area contributed by atoms with E-state index in [1.165, 1.54) is 62.3 Å². The molecule has 0 amide bonds. The minimum Gasteiger partial charge on any atom is -0.353 e. The fraction of sp³-hybridized carbons (Fsp3) is 0.632. The topological polar surface area (TPSA) is 40.1 Å². The zero-order valence-electron chi connectivity index (χ0n) is 14.7. The van der Waals surface area contributed by atoms with E-state index in [-0.39, 0.29) is 0 Å². The van der Waals surface area contributed by atoms with Gasteiger partial charge in [0.05, 0.1) is 6.20 Å². The van der Waals surface area contributed by atoms with Gasteiger partial charge in [0.1, 0.15) is 0 Å². The summed E-state index contributed by atoms with van der Waals surface area (Å²) in [5.41, 5.74) is 4.21. The van der Waals surface area contributed by atoms with E-state index in [0.29, 0.717) is 5.92 Å². The van der Waals surface area contributed by atoms with Crippen LogP contribution in [-0.2, 0) is 20.1 Å². The minimum atomic E-state index is 0.596. The van der Waals surface area contributed by atoms with Crippen LogP contribution in [-0.4, -0.2) is 50.7 Å². The van der Waals surface area contributed by atoms with Crippen LogP contribution in [0.15, 0.2) is 24.5 Å². The molecule has 0 saturated carbocycles. The molecular formula is C19H29N5. The highest BCUT2D eigenvalue weighted by Gasteiger charge is 2.26. The third-order valence-corrected chi connectivity index (χ3v) is 5.69. The quantitative estimate of drug-likeness (QED) is 0.918. The summed E-state index contributed by atoms with van der Waals surface area (Å²) >= 11 is 0. The number of nitrogens with zero attached hydrogens (tertiary/aromatic N) is 4. The van der Waals surface area contributed by atoms with Crippen molar-refractivity contribution in [3.63, 3.8) is 0 Å². The first-order valence-electron chi connectivity index (χ1n) is 9.36. The highest BCUT2D eigenvalue weighted by Crippen LogP contribution is 2.29. The molecule has 0 bridgehead atoms. The molecule has 2 aromatic rings. The van der Waals surface area contributed by atoms with Crippen LogP contribution in [0, 0.1) is 0 Å². The van der Waals surface area contributed by atoms with Gasteiger partial charge in [-0.3, -0.25) is 14.9 Å². The molecule has 1 N–H and O–H groups in total. The Balaban J connectivity index is 1.42. The molecule has 1 atom stereocenters. The van der Waals surface area contributed by atoms with Crippen LogP contribution in [0.5, 0.6) is 0 Å². The van der Waals surface area contributed by atoms with E-state index >= 15 is 0 Å². The average Bonchev–Trinajstić information content (AvgIpc) is 3.32. The standard InChI is InChI=1S/C19H29N5/c1-22-8-5-7-18(22)15-24-11-4-6-16(13-24)19-17(12-20-21-19)14-23-9-2-3-10-23/h5,7-8,12,16H,2-4,6,9-11,13-15H2,1H3,(H,20,21). The fourth-order valence-electron chi connectivity index (χ4n) is 4.31. The Morgan fingerprint density at radius 1 is 1.12 bits per heavy atom. The third-order valence-electron chi connectivity index (χ3n) is 5.69. The molecule has 0 spiro atoms. The van der Waals surface area contributed by atoms with Gasteiger partial charge in [0, 0.05) is 55.7 Å². The SMILES string of the molecule is Cn1cccc1CN1CCCC(c2[nH]ncc2CN2CCCC2)C1. The molecule has 1 unspecified atom stereocenters. The Morgan fingerprint density at radius 2 is 1.96 bits per heavy atom. The van der Waals surface area contributed by atoms with Crippen molar-refractivity contribution >= 4 is 0 Å². The Bertz CT molecular complexity index is 652. The lowest BCUT2D eigenvalue weighted by molar-refractivity contribution is 0.194. The average molecular weight is 327 g/mol. The fourth-order valence-corrected chi connectivity index (χ4v) is 4.31. The van der Waals surface area contributed by atoms with E-state index < -0.39 is 0 Å². The Hall–Kier alpha value is -1.59. The second-order valence-corrected chi connectivity index (χ2v) is 7.48. The molecule has 0 aromatic carbocycles. The largest absolute Gasteiger partial charge is 0.353 e. The molecule has 5 heteroatoms. The first-order valence-corrected chi connectivity index (χ1v) is 9.36. The van der Waals surface area contributed by atoms with E-state index in [9.17, 15) is 0 Å². The van der Waals surface area contributed by atoms with Gasteiger partial charge in [-0.15, -0.1) is 0 Å². The van der Waals surface area contributed by atoms with Crippen LogP contribution in [0.2, 0.25) is 0 Å². The molecular weight excluding hydrogens is 298 g/mol. The summed E-state index contributed by atoms with van der Waals surface area (Å²) in [6, 6.07) is 4.37. The number of rotatable bonds is 5. The summed E-state index contributed by atoms with van der Waals surface area (Å²) in [5, 5.41) is 7.71. The minimum absolute atomic E-state index is 0.596. The first-order chi connectivity index (χ1) is 11.8. The monoisotopic (exact) mass is 327 g/mol. The van der Waals surface area contributed by atoms with Crippen LogP contribution in [0.3, 0.4) is 0 Å². The summed E-state index contributed by atoms with van der Waals surface area (Å²) in [6.45, 7) is 6.96. The van der Waals surface area contributed by atoms with Crippen LogP contribution >= 0.6 is 0 Å². The maximum absolute atomic E-state index is 4.38. The smallest absolute Gasteiger partial charge is 0.0535 e. The Kier molecular flexibility index (Phi) is 4.72. The molecule has 2 aliphatic rings. The van der Waals surface area contributed by atoms with E-state index in [1.54, 1.807) is 0 Å². The highest BCUT2D eigenvalue weighted by atomic mass is 15.2. The molecule has 130 valence electrons. The van der Waals surface area contributed by atoms with Crippen molar-refractivity contribution in [1.82, 2.24) is 24.6 Å². The predicted octanol–water partition coefficient (Wildman–Crippen LogP) is 2.72. The van der Waals surface area contributed by atoms with Gasteiger partial charge >= 0.3 is 0 Å². The van der Waals surface area contributed by atoms with Crippen LogP contribution in [0.4, 0.5) is 0 Å². The summed E-state index contributed by atoms with van der Waals surface area (Å²) in [7, 11) is 2.14. The molecule has 24 heavy (non-hydrogen) atoms. The van der Waals surface area contributed by atoms with E-state index in [4.69, 9.17) is 0 Å². The van der Waals surface area contributed by atoms with Gasteiger partial charge in [-0.05, 0) is 57.5 Å². The summed E-state index contributed by atoms with van der Waals surface area (Å²) in [5.74, 6) is 0.596. The lowest BCUT2D eigenvalue weighted by Gasteiger charge is -2.33. The summed E-state index contributed by atoms with van der Waals surface area (Å²) in [4.78, 5) is 5.17. The van der Waals surface area contributed by atoms with Gasteiger partial charge in [-0.25, -0.2) is 0 Å². The van der Waals surface area contributed by atoms with Gasteiger partial charge in [-0.1, -0.05) is 0 Å². The Morgan fingerprint density at radius 3 is 2.75 bits per heavy atom. The molecule has 4 rings (SSSR count). The van der Waals surface area contributed by atoms with Crippen LogP contribution in [0.1, 0.15) is 48.6 Å². The van der Waals surface area contributed by atoms with Gasteiger partial charge in [0.2, 0.25) is 0 Å². The molecule has 5 nitrogen and oxygen atoms in total. The molecule has 2 saturated heterocycles. The maximum Gasteiger partial charge on any atom is 0.0535 e. The summed E-state index contributed by atoms with van der Waals surface area (Å²) < 4.78 is 2.23. The van der Waals surface area contributed by atoms with Gasteiger partial charge in [0.15, 0.2) is 0 Å². The van der Waals surface area contributed by atoms with Crippen molar-refractivity contribution in [1.29, 1.82) is 0 Å². The number of aryl methyl sites for hydroxylation is 1. The molecule has 2 aromatic heterocycles. The number of H-pyrrole nitrogens is 1. The van der Waals surface area contributed by atoms with Crippen molar-refractivity contribution in [2.45, 2.75) is 44.7 Å². The number of aromatic amines is 1. The lowest BCUT2D eigenvalue weighted by Crippen LogP contribution is -2.35. The van der Waals surface area contributed by atoms with Gasteiger partial charge < -0.3 is 4.57 Å². The van der Waals surface area contributed by atoms with Crippen LogP contribution < -0.4 is 0 Å². The van der Waals surface area contributed by atoms with Crippen molar-refractivity contribution < 1.29 is 0 Å². The second-order valence-electron chi connectivity index (χ2n) is 7.48. The van der Waals surface area contributed by atoms with E-state index in [2.05, 4.69) is 56.1 Å².